The van der Waals surface area contributed by atoms with Crippen LogP contribution in [-0.2, 0) is 0 Å². The molecule has 1 aliphatic rings. The Balaban J connectivity index is 1.87. The predicted octanol–water partition coefficient (Wildman–Crippen LogP) is 1.61. The number of β-amino-alcohol motifs (C(OH)–C–C–N with tert-alkyl or cyclic N) is 1. The maximum Gasteiger partial charge on any atom is 0.0791 e. The van der Waals surface area contributed by atoms with Crippen LogP contribution in [0.5, 0.6) is 0 Å². The lowest BCUT2D eigenvalue weighted by atomic mass is 10.2. The molecule has 1 aliphatic heterocycles. The number of rotatable bonds is 9. The van der Waals surface area contributed by atoms with Gasteiger partial charge in [0.25, 0.3) is 0 Å². The minimum Gasteiger partial charge on any atom is -0.390 e. The number of hydrogen-bond acceptors (Lipinski definition) is 3. The average Bonchev–Trinajstić information content (AvgIpc) is 2.76. The van der Waals surface area contributed by atoms with Crippen LogP contribution in [0.15, 0.2) is 0 Å². The third-order valence-electron chi connectivity index (χ3n) is 3.25. The van der Waals surface area contributed by atoms with Gasteiger partial charge in [-0.25, -0.2) is 0 Å². The van der Waals surface area contributed by atoms with E-state index in [1.807, 2.05) is 0 Å². The fraction of sp³-hybridized carbons (Fsp3) is 1.00. The zero-order valence-electron chi connectivity index (χ0n) is 10.7. The normalized spacial score (nSPS) is 19.1. The molecule has 0 aromatic heterocycles. The second kappa shape index (κ2) is 8.97. The molecule has 0 spiro atoms. The maximum absolute atomic E-state index is 9.81. The first kappa shape index (κ1) is 13.9. The summed E-state index contributed by atoms with van der Waals surface area (Å²) in [7, 11) is 0. The van der Waals surface area contributed by atoms with Crippen LogP contribution in [0.3, 0.4) is 0 Å². The number of nitrogens with one attached hydrogen (secondary N) is 1. The molecule has 1 atom stereocenters. The van der Waals surface area contributed by atoms with Crippen molar-refractivity contribution in [1.29, 1.82) is 0 Å². The van der Waals surface area contributed by atoms with Gasteiger partial charge in [-0.05, 0) is 38.9 Å². The van der Waals surface area contributed by atoms with Crippen molar-refractivity contribution in [3.8, 4) is 0 Å². The molecule has 3 heteroatoms. The van der Waals surface area contributed by atoms with Gasteiger partial charge >= 0.3 is 0 Å². The van der Waals surface area contributed by atoms with E-state index in [1.54, 1.807) is 0 Å². The lowest BCUT2D eigenvalue weighted by Crippen LogP contribution is -2.37. The summed E-state index contributed by atoms with van der Waals surface area (Å²) in [5.41, 5.74) is 0. The van der Waals surface area contributed by atoms with Gasteiger partial charge in [-0.15, -0.1) is 0 Å². The van der Waals surface area contributed by atoms with Crippen molar-refractivity contribution in [2.75, 3.05) is 32.7 Å². The molecule has 1 fully saturated rings. The van der Waals surface area contributed by atoms with Gasteiger partial charge in [-0.2, -0.15) is 0 Å². The molecular formula is C13H28N2O. The lowest BCUT2D eigenvalue weighted by molar-refractivity contribution is 0.123. The summed E-state index contributed by atoms with van der Waals surface area (Å²) in [5, 5.41) is 13.1. The van der Waals surface area contributed by atoms with Crippen LogP contribution in [0.1, 0.15) is 45.4 Å². The first-order chi connectivity index (χ1) is 7.83. The van der Waals surface area contributed by atoms with E-state index < -0.39 is 0 Å². The van der Waals surface area contributed by atoms with Crippen LogP contribution in [0.25, 0.3) is 0 Å². The van der Waals surface area contributed by atoms with Gasteiger partial charge in [0.05, 0.1) is 6.10 Å². The average molecular weight is 228 g/mol. The van der Waals surface area contributed by atoms with E-state index >= 15 is 0 Å². The summed E-state index contributed by atoms with van der Waals surface area (Å²) < 4.78 is 0. The van der Waals surface area contributed by atoms with Crippen molar-refractivity contribution in [3.05, 3.63) is 0 Å². The molecule has 0 bridgehead atoms. The van der Waals surface area contributed by atoms with E-state index in [0.29, 0.717) is 0 Å². The third-order valence-corrected chi connectivity index (χ3v) is 3.25. The van der Waals surface area contributed by atoms with Crippen molar-refractivity contribution in [2.24, 2.45) is 0 Å². The fourth-order valence-electron chi connectivity index (χ4n) is 2.27. The van der Waals surface area contributed by atoms with E-state index in [2.05, 4.69) is 17.1 Å². The van der Waals surface area contributed by atoms with Crippen LogP contribution in [0.2, 0.25) is 0 Å². The quantitative estimate of drug-likeness (QED) is 0.589. The summed E-state index contributed by atoms with van der Waals surface area (Å²) in [6.45, 7) is 7.23. The number of hydrogen-bond donors (Lipinski definition) is 2. The molecule has 0 amide bonds. The van der Waals surface area contributed by atoms with Crippen molar-refractivity contribution >= 4 is 0 Å². The van der Waals surface area contributed by atoms with Crippen LogP contribution in [0, 0.1) is 0 Å². The van der Waals surface area contributed by atoms with Gasteiger partial charge < -0.3 is 15.3 Å². The fourth-order valence-corrected chi connectivity index (χ4v) is 2.27. The Morgan fingerprint density at radius 2 is 1.94 bits per heavy atom. The first-order valence-electron chi connectivity index (χ1n) is 6.94. The van der Waals surface area contributed by atoms with E-state index in [0.717, 1.165) is 19.6 Å². The van der Waals surface area contributed by atoms with Gasteiger partial charge in [0, 0.05) is 13.1 Å². The molecule has 1 rings (SSSR count). The second-order valence-electron chi connectivity index (χ2n) is 4.93. The molecule has 0 aliphatic carbocycles. The van der Waals surface area contributed by atoms with Crippen LogP contribution < -0.4 is 5.32 Å². The summed E-state index contributed by atoms with van der Waals surface area (Å²) in [4.78, 5) is 2.36. The Kier molecular flexibility index (Phi) is 7.81. The monoisotopic (exact) mass is 228 g/mol. The molecule has 0 saturated carbocycles. The highest BCUT2D eigenvalue weighted by Gasteiger charge is 2.14. The van der Waals surface area contributed by atoms with Gasteiger partial charge in [-0.3, -0.25) is 0 Å². The zero-order chi connectivity index (χ0) is 11.6. The third kappa shape index (κ3) is 6.46. The minimum absolute atomic E-state index is 0.190. The minimum atomic E-state index is -0.190. The van der Waals surface area contributed by atoms with Crippen molar-refractivity contribution < 1.29 is 5.11 Å². The van der Waals surface area contributed by atoms with Crippen molar-refractivity contribution in [1.82, 2.24) is 10.2 Å². The number of unbranched alkanes of at least 4 members (excludes halogenated alkanes) is 3. The van der Waals surface area contributed by atoms with Crippen LogP contribution in [0.4, 0.5) is 0 Å². The molecule has 2 N–H and O–H groups in total. The highest BCUT2D eigenvalue weighted by Crippen LogP contribution is 2.07. The number of likely N-dealkylation sites (tertiary alicyclic amines) is 1. The Hall–Kier alpha value is -0.120. The highest BCUT2D eigenvalue weighted by atomic mass is 16.3. The van der Waals surface area contributed by atoms with Crippen LogP contribution >= 0.6 is 0 Å². The molecule has 0 aromatic carbocycles. The van der Waals surface area contributed by atoms with E-state index in [-0.39, 0.29) is 6.10 Å². The highest BCUT2D eigenvalue weighted by molar-refractivity contribution is 4.71. The van der Waals surface area contributed by atoms with E-state index in [4.69, 9.17) is 0 Å². The predicted molar refractivity (Wildman–Crippen MR) is 68.7 cm³/mol. The Labute approximate surface area is 100 Å². The maximum atomic E-state index is 9.81. The molecule has 0 radical (unpaired) electrons. The molecule has 16 heavy (non-hydrogen) atoms. The molecule has 96 valence electrons. The number of nitrogens with zero attached hydrogens (tertiary/aromatic N) is 1. The smallest absolute Gasteiger partial charge is 0.0791 e. The zero-order valence-corrected chi connectivity index (χ0v) is 10.7. The van der Waals surface area contributed by atoms with Crippen molar-refractivity contribution in [3.63, 3.8) is 0 Å². The Morgan fingerprint density at radius 1 is 1.19 bits per heavy atom. The molecule has 1 unspecified atom stereocenters. The van der Waals surface area contributed by atoms with Crippen LogP contribution in [-0.4, -0.2) is 48.8 Å². The Bertz CT molecular complexity index is 158. The van der Waals surface area contributed by atoms with Gasteiger partial charge in [0.2, 0.25) is 0 Å². The standard InChI is InChI=1S/C13H28N2O/c1-2-3-4-5-8-14-11-13(16)12-15-9-6-7-10-15/h13-14,16H,2-12H2,1H3. The second-order valence-corrected chi connectivity index (χ2v) is 4.93. The number of aliphatic hydroxyl groups excluding tert-OH is 1. The lowest BCUT2D eigenvalue weighted by Gasteiger charge is -2.19. The summed E-state index contributed by atoms with van der Waals surface area (Å²) in [6, 6.07) is 0. The first-order valence-corrected chi connectivity index (χ1v) is 6.94. The SMILES string of the molecule is CCCCCCNCC(O)CN1CCCC1. The van der Waals surface area contributed by atoms with E-state index in [1.165, 1.54) is 51.6 Å². The van der Waals surface area contributed by atoms with Crippen molar-refractivity contribution in [2.45, 2.75) is 51.6 Å². The summed E-state index contributed by atoms with van der Waals surface area (Å²) in [6.07, 6.45) is 7.59. The number of aliphatic hydroxyl groups is 1. The van der Waals surface area contributed by atoms with Gasteiger partial charge in [0.1, 0.15) is 0 Å². The molecule has 1 saturated heterocycles. The summed E-state index contributed by atoms with van der Waals surface area (Å²) in [5.74, 6) is 0. The topological polar surface area (TPSA) is 35.5 Å². The summed E-state index contributed by atoms with van der Waals surface area (Å²) >= 11 is 0. The molecule has 1 heterocycles. The Morgan fingerprint density at radius 3 is 2.62 bits per heavy atom. The molecule has 0 aromatic rings. The van der Waals surface area contributed by atoms with E-state index in [9.17, 15) is 5.11 Å². The van der Waals surface area contributed by atoms with Gasteiger partial charge in [-0.1, -0.05) is 26.2 Å². The van der Waals surface area contributed by atoms with Gasteiger partial charge in [0.15, 0.2) is 0 Å². The molecule has 3 nitrogen and oxygen atoms in total. The molecular weight excluding hydrogens is 200 g/mol. The largest absolute Gasteiger partial charge is 0.390 e.